The minimum atomic E-state index is -0.952. The topological polar surface area (TPSA) is 94.8 Å². The van der Waals surface area contributed by atoms with Crippen molar-refractivity contribution in [1.82, 2.24) is 0 Å². The Bertz CT molecular complexity index is 439. The smallest absolute Gasteiger partial charge is 0.313 e. The van der Waals surface area contributed by atoms with Crippen molar-refractivity contribution in [2.75, 3.05) is 5.75 Å². The second kappa shape index (κ2) is 20.3. The summed E-state index contributed by atoms with van der Waals surface area (Å²) in [7, 11) is 0. The predicted octanol–water partition coefficient (Wildman–Crippen LogP) is 6.05. The summed E-state index contributed by atoms with van der Waals surface area (Å²) in [5.74, 6) is -1.98. The molecule has 0 saturated carbocycles. The van der Waals surface area contributed by atoms with Crippen LogP contribution >= 0.6 is 11.8 Å². The van der Waals surface area contributed by atoms with E-state index in [9.17, 15) is 14.7 Å². The average molecular weight is 431 g/mol. The standard InChI is InChI=1S/C23H42O5S/c1-2-3-4-5-6-7-8-9-10-11-12-13-14-15-16-21(29-19-23(27)28)20(24)17-18-22(25)26/h15-16,20-21,24H,2-14,17-19H2,1H3,(H,25,26)(H,27,28)/b16-15-. The van der Waals surface area contributed by atoms with E-state index in [-0.39, 0.29) is 23.8 Å². The van der Waals surface area contributed by atoms with Gasteiger partial charge in [0.25, 0.3) is 0 Å². The SMILES string of the molecule is CCCCCCCCCCCCCC/C=C\C(SCC(=O)O)C(O)CCC(=O)O. The first-order chi connectivity index (χ1) is 14.0. The molecule has 0 aliphatic heterocycles. The maximum atomic E-state index is 10.8. The third-order valence-corrected chi connectivity index (χ3v) is 6.25. The highest BCUT2D eigenvalue weighted by Crippen LogP contribution is 2.20. The van der Waals surface area contributed by atoms with E-state index in [4.69, 9.17) is 10.2 Å². The Labute approximate surface area is 181 Å². The summed E-state index contributed by atoms with van der Waals surface area (Å²) in [4.78, 5) is 21.4. The third kappa shape index (κ3) is 20.1. The molecule has 0 amide bonds. The van der Waals surface area contributed by atoms with Crippen molar-refractivity contribution in [3.8, 4) is 0 Å². The van der Waals surface area contributed by atoms with E-state index in [2.05, 4.69) is 6.92 Å². The molecule has 0 aromatic carbocycles. The Morgan fingerprint density at radius 3 is 1.83 bits per heavy atom. The molecular weight excluding hydrogens is 388 g/mol. The van der Waals surface area contributed by atoms with Crippen molar-refractivity contribution >= 4 is 23.7 Å². The minimum absolute atomic E-state index is 0.0995. The number of carboxylic acid groups (broad SMARTS) is 2. The molecule has 2 unspecified atom stereocenters. The highest BCUT2D eigenvalue weighted by Gasteiger charge is 2.19. The largest absolute Gasteiger partial charge is 0.481 e. The number of aliphatic hydroxyl groups is 1. The highest BCUT2D eigenvalue weighted by molar-refractivity contribution is 8.00. The summed E-state index contributed by atoms with van der Waals surface area (Å²) in [5, 5.41) is 27.4. The monoisotopic (exact) mass is 430 g/mol. The van der Waals surface area contributed by atoms with E-state index in [1.165, 1.54) is 70.6 Å². The van der Waals surface area contributed by atoms with E-state index < -0.39 is 18.0 Å². The van der Waals surface area contributed by atoms with Crippen LogP contribution in [0.3, 0.4) is 0 Å². The fraction of sp³-hybridized carbons (Fsp3) is 0.826. The van der Waals surface area contributed by atoms with Crippen LogP contribution in [-0.4, -0.2) is 44.4 Å². The lowest BCUT2D eigenvalue weighted by molar-refractivity contribution is -0.137. The number of carboxylic acids is 2. The number of aliphatic carboxylic acids is 2. The van der Waals surface area contributed by atoms with Gasteiger partial charge in [-0.15, -0.1) is 11.8 Å². The second-order valence-electron chi connectivity index (χ2n) is 7.78. The fourth-order valence-electron chi connectivity index (χ4n) is 3.23. The molecule has 0 saturated heterocycles. The zero-order valence-electron chi connectivity index (χ0n) is 18.2. The number of hydrogen-bond donors (Lipinski definition) is 3. The van der Waals surface area contributed by atoms with Crippen molar-refractivity contribution in [3.05, 3.63) is 12.2 Å². The number of unbranched alkanes of at least 4 members (excludes halogenated alkanes) is 12. The van der Waals surface area contributed by atoms with Gasteiger partial charge in [0, 0.05) is 11.7 Å². The molecule has 6 heteroatoms. The lowest BCUT2D eigenvalue weighted by Crippen LogP contribution is -2.23. The molecular formula is C23H42O5S. The van der Waals surface area contributed by atoms with E-state index in [1.807, 2.05) is 12.2 Å². The van der Waals surface area contributed by atoms with E-state index >= 15 is 0 Å². The molecule has 0 heterocycles. The van der Waals surface area contributed by atoms with E-state index in [1.54, 1.807) is 0 Å². The van der Waals surface area contributed by atoms with Gasteiger partial charge < -0.3 is 15.3 Å². The summed E-state index contributed by atoms with van der Waals surface area (Å²) in [6.45, 7) is 2.25. The van der Waals surface area contributed by atoms with Crippen LogP contribution in [0.25, 0.3) is 0 Å². The first kappa shape index (κ1) is 28.0. The summed E-state index contributed by atoms with van der Waals surface area (Å²) >= 11 is 1.15. The fourth-order valence-corrected chi connectivity index (χ4v) is 4.15. The first-order valence-corrected chi connectivity index (χ1v) is 12.4. The molecule has 0 bridgehead atoms. The van der Waals surface area contributed by atoms with Gasteiger partial charge in [0.15, 0.2) is 0 Å². The van der Waals surface area contributed by atoms with Gasteiger partial charge in [-0.05, 0) is 19.3 Å². The Kier molecular flexibility index (Phi) is 19.6. The first-order valence-electron chi connectivity index (χ1n) is 11.4. The average Bonchev–Trinajstić information content (AvgIpc) is 2.68. The highest BCUT2D eigenvalue weighted by atomic mass is 32.2. The number of carbonyl (C=O) groups is 2. The van der Waals surface area contributed by atoms with Crippen LogP contribution in [0.4, 0.5) is 0 Å². The van der Waals surface area contributed by atoms with Gasteiger partial charge in [-0.3, -0.25) is 9.59 Å². The Hall–Kier alpha value is -1.01. The van der Waals surface area contributed by atoms with Crippen LogP contribution in [0.1, 0.15) is 103 Å². The molecule has 2 atom stereocenters. The third-order valence-electron chi connectivity index (χ3n) is 4.98. The zero-order valence-corrected chi connectivity index (χ0v) is 19.0. The second-order valence-corrected chi connectivity index (χ2v) is 8.94. The van der Waals surface area contributed by atoms with Crippen molar-refractivity contribution in [1.29, 1.82) is 0 Å². The molecule has 0 aliphatic carbocycles. The van der Waals surface area contributed by atoms with Crippen molar-refractivity contribution < 1.29 is 24.9 Å². The number of aliphatic hydroxyl groups excluding tert-OH is 1. The molecule has 0 aromatic heterocycles. The molecule has 170 valence electrons. The van der Waals surface area contributed by atoms with Crippen LogP contribution in [0, 0.1) is 0 Å². The maximum absolute atomic E-state index is 10.8. The van der Waals surface area contributed by atoms with Crippen molar-refractivity contribution in [2.45, 2.75) is 115 Å². The number of allylic oxidation sites excluding steroid dienone is 1. The van der Waals surface area contributed by atoms with E-state index in [0.717, 1.165) is 24.6 Å². The van der Waals surface area contributed by atoms with Gasteiger partial charge in [-0.1, -0.05) is 89.7 Å². The van der Waals surface area contributed by atoms with Crippen LogP contribution in [0.5, 0.6) is 0 Å². The summed E-state index contributed by atoms with van der Waals surface area (Å²) < 4.78 is 0. The normalized spacial score (nSPS) is 13.6. The Morgan fingerprint density at radius 2 is 1.34 bits per heavy atom. The molecule has 0 fully saturated rings. The zero-order chi connectivity index (χ0) is 21.7. The summed E-state index contributed by atoms with van der Waals surface area (Å²) in [6.07, 6.45) is 19.6. The van der Waals surface area contributed by atoms with Gasteiger partial charge in [-0.2, -0.15) is 0 Å². The molecule has 0 rings (SSSR count). The number of thioether (sulfide) groups is 1. The maximum Gasteiger partial charge on any atom is 0.313 e. The molecule has 29 heavy (non-hydrogen) atoms. The predicted molar refractivity (Wildman–Crippen MR) is 122 cm³/mol. The number of rotatable bonds is 21. The number of hydrogen-bond acceptors (Lipinski definition) is 4. The van der Waals surface area contributed by atoms with Crippen LogP contribution < -0.4 is 0 Å². The lowest BCUT2D eigenvalue weighted by Gasteiger charge is -2.18. The van der Waals surface area contributed by atoms with Gasteiger partial charge >= 0.3 is 11.9 Å². The minimum Gasteiger partial charge on any atom is -0.481 e. The molecule has 0 aromatic rings. The summed E-state index contributed by atoms with van der Waals surface area (Å²) in [6, 6.07) is 0. The lowest BCUT2D eigenvalue weighted by atomic mass is 10.0. The van der Waals surface area contributed by atoms with Crippen LogP contribution in [0.15, 0.2) is 12.2 Å². The van der Waals surface area contributed by atoms with Crippen LogP contribution in [0.2, 0.25) is 0 Å². The molecule has 0 spiro atoms. The van der Waals surface area contributed by atoms with Gasteiger partial charge in [0.1, 0.15) is 0 Å². The molecule has 0 aliphatic rings. The van der Waals surface area contributed by atoms with E-state index in [0.29, 0.717) is 0 Å². The quantitative estimate of drug-likeness (QED) is 0.152. The van der Waals surface area contributed by atoms with Crippen LogP contribution in [-0.2, 0) is 9.59 Å². The van der Waals surface area contributed by atoms with Crippen molar-refractivity contribution in [3.63, 3.8) is 0 Å². The Balaban J connectivity index is 3.81. The molecule has 0 radical (unpaired) electrons. The molecule has 3 N–H and O–H groups in total. The van der Waals surface area contributed by atoms with Gasteiger partial charge in [0.05, 0.1) is 11.9 Å². The molecule has 5 nitrogen and oxygen atoms in total. The Morgan fingerprint density at radius 1 is 0.828 bits per heavy atom. The summed E-state index contributed by atoms with van der Waals surface area (Å²) in [5.41, 5.74) is 0. The van der Waals surface area contributed by atoms with Gasteiger partial charge in [0.2, 0.25) is 0 Å². The van der Waals surface area contributed by atoms with Gasteiger partial charge in [-0.25, -0.2) is 0 Å². The van der Waals surface area contributed by atoms with Crippen molar-refractivity contribution in [2.24, 2.45) is 0 Å².